The molecule has 0 saturated heterocycles. The van der Waals surface area contributed by atoms with E-state index < -0.39 is 0 Å². The molecule has 0 radical (unpaired) electrons. The van der Waals surface area contributed by atoms with E-state index in [-0.39, 0.29) is 5.41 Å². The molecule has 0 N–H and O–H groups in total. The molecule has 0 amide bonds. The molecule has 1 aliphatic carbocycles. The maximum atomic E-state index is 11.6. The van der Waals surface area contributed by atoms with E-state index in [4.69, 9.17) is 0 Å². The summed E-state index contributed by atoms with van der Waals surface area (Å²) in [5.41, 5.74) is 0.734. The third-order valence-corrected chi connectivity index (χ3v) is 4.43. The van der Waals surface area contributed by atoms with E-state index >= 15 is 0 Å². The second-order valence-electron chi connectivity index (χ2n) is 6.03. The Morgan fingerprint density at radius 2 is 2.00 bits per heavy atom. The molecule has 2 nitrogen and oxygen atoms in total. The second-order valence-corrected chi connectivity index (χ2v) is 6.03. The summed E-state index contributed by atoms with van der Waals surface area (Å²) in [7, 11) is 0. The zero-order valence-electron chi connectivity index (χ0n) is 12.1. The first-order valence-electron chi connectivity index (χ1n) is 7.42. The molecule has 1 fully saturated rings. The Labute approximate surface area is 116 Å². The maximum absolute atomic E-state index is 11.6. The average molecular weight is 259 g/mol. The smallest absolute Gasteiger partial charge is 0.131 e. The van der Waals surface area contributed by atoms with Crippen LogP contribution >= 0.6 is 0 Å². The fourth-order valence-corrected chi connectivity index (χ4v) is 2.83. The van der Waals surface area contributed by atoms with Gasteiger partial charge in [0.25, 0.3) is 0 Å². The fraction of sp³-hybridized carbons (Fsp3) is 0.588. The van der Waals surface area contributed by atoms with E-state index in [9.17, 15) is 4.79 Å². The van der Waals surface area contributed by atoms with E-state index in [1.807, 2.05) is 18.2 Å². The van der Waals surface area contributed by atoms with Crippen molar-refractivity contribution in [1.29, 1.82) is 0 Å². The highest BCUT2D eigenvalue weighted by Crippen LogP contribution is 2.29. The van der Waals surface area contributed by atoms with Gasteiger partial charge in [-0.15, -0.1) is 0 Å². The molecular formula is C17H25NO. The van der Waals surface area contributed by atoms with Crippen molar-refractivity contribution in [1.82, 2.24) is 4.90 Å². The first kappa shape index (κ1) is 14.3. The van der Waals surface area contributed by atoms with E-state index in [0.29, 0.717) is 0 Å². The summed E-state index contributed by atoms with van der Waals surface area (Å²) in [6, 6.07) is 10.1. The quantitative estimate of drug-likeness (QED) is 0.700. The summed E-state index contributed by atoms with van der Waals surface area (Å²) in [6.07, 6.45) is 5.22. The van der Waals surface area contributed by atoms with Gasteiger partial charge in [0.1, 0.15) is 6.29 Å². The molecule has 0 aromatic heterocycles. The SMILES string of the molecule is CCN(CC1CCC1)CC(C)(C=O)c1ccccc1. The molecular weight excluding hydrogens is 234 g/mol. The minimum absolute atomic E-state index is 0.388. The van der Waals surface area contributed by atoms with Crippen LogP contribution in [0.1, 0.15) is 38.7 Å². The van der Waals surface area contributed by atoms with Gasteiger partial charge in [0.15, 0.2) is 0 Å². The number of benzene rings is 1. The van der Waals surface area contributed by atoms with Crippen LogP contribution in [0.25, 0.3) is 0 Å². The van der Waals surface area contributed by atoms with Crippen molar-refractivity contribution in [3.63, 3.8) is 0 Å². The predicted molar refractivity (Wildman–Crippen MR) is 79.3 cm³/mol. The topological polar surface area (TPSA) is 20.3 Å². The largest absolute Gasteiger partial charge is 0.302 e. The van der Waals surface area contributed by atoms with Crippen LogP contribution in [0.4, 0.5) is 0 Å². The second kappa shape index (κ2) is 6.33. The molecule has 2 heteroatoms. The molecule has 19 heavy (non-hydrogen) atoms. The lowest BCUT2D eigenvalue weighted by atomic mass is 9.81. The van der Waals surface area contributed by atoms with Crippen LogP contribution in [0.15, 0.2) is 30.3 Å². The molecule has 0 aliphatic heterocycles. The van der Waals surface area contributed by atoms with Crippen molar-refractivity contribution in [3.8, 4) is 0 Å². The number of carbonyl (C=O) groups excluding carboxylic acids is 1. The maximum Gasteiger partial charge on any atom is 0.131 e. The van der Waals surface area contributed by atoms with Gasteiger partial charge in [0.2, 0.25) is 0 Å². The van der Waals surface area contributed by atoms with Crippen LogP contribution in [-0.4, -0.2) is 30.8 Å². The molecule has 0 heterocycles. The van der Waals surface area contributed by atoms with Gasteiger partial charge in [0, 0.05) is 13.1 Å². The van der Waals surface area contributed by atoms with Gasteiger partial charge in [-0.25, -0.2) is 0 Å². The summed E-state index contributed by atoms with van der Waals surface area (Å²) >= 11 is 0. The molecule has 104 valence electrons. The molecule has 1 aromatic carbocycles. The van der Waals surface area contributed by atoms with Gasteiger partial charge in [-0.2, -0.15) is 0 Å². The third-order valence-electron chi connectivity index (χ3n) is 4.43. The van der Waals surface area contributed by atoms with Gasteiger partial charge >= 0.3 is 0 Å². The molecule has 1 unspecified atom stereocenters. The Kier molecular flexibility index (Phi) is 4.76. The van der Waals surface area contributed by atoms with Crippen molar-refractivity contribution >= 4 is 6.29 Å². The highest BCUT2D eigenvalue weighted by molar-refractivity contribution is 5.68. The van der Waals surface area contributed by atoms with Crippen molar-refractivity contribution in [2.24, 2.45) is 5.92 Å². The molecule has 1 atom stereocenters. The summed E-state index contributed by atoms with van der Waals surface area (Å²) in [5, 5.41) is 0. The highest BCUT2D eigenvalue weighted by Gasteiger charge is 2.30. The van der Waals surface area contributed by atoms with Crippen LogP contribution in [0, 0.1) is 5.92 Å². The monoisotopic (exact) mass is 259 g/mol. The van der Waals surface area contributed by atoms with Gasteiger partial charge < -0.3 is 9.69 Å². The number of rotatable bonds is 7. The first-order valence-corrected chi connectivity index (χ1v) is 7.42. The highest BCUT2D eigenvalue weighted by atomic mass is 16.1. The van der Waals surface area contributed by atoms with Crippen molar-refractivity contribution in [2.75, 3.05) is 19.6 Å². The Hall–Kier alpha value is -1.15. The standard InChI is InChI=1S/C17H25NO/c1-3-18(12-15-8-7-9-15)13-17(2,14-19)16-10-5-4-6-11-16/h4-6,10-11,14-15H,3,7-9,12-13H2,1-2H3. The zero-order chi connectivity index (χ0) is 13.7. The number of likely N-dealkylation sites (N-methyl/N-ethyl adjacent to an activating group) is 1. The summed E-state index contributed by atoms with van der Waals surface area (Å²) < 4.78 is 0. The summed E-state index contributed by atoms with van der Waals surface area (Å²) in [4.78, 5) is 14.1. The average Bonchev–Trinajstić information content (AvgIpc) is 2.42. The zero-order valence-corrected chi connectivity index (χ0v) is 12.1. The van der Waals surface area contributed by atoms with Gasteiger partial charge in [0.05, 0.1) is 5.41 Å². The molecule has 0 spiro atoms. The lowest BCUT2D eigenvalue weighted by molar-refractivity contribution is -0.112. The third kappa shape index (κ3) is 3.44. The fourth-order valence-electron chi connectivity index (χ4n) is 2.83. The normalized spacial score (nSPS) is 18.9. The molecule has 0 bridgehead atoms. The van der Waals surface area contributed by atoms with Crippen LogP contribution in [-0.2, 0) is 10.2 Å². The Bertz CT molecular complexity index is 399. The Balaban J connectivity index is 2.05. The summed E-state index contributed by atoms with van der Waals surface area (Å²) in [5.74, 6) is 0.853. The Morgan fingerprint density at radius 3 is 2.47 bits per heavy atom. The van der Waals surface area contributed by atoms with Crippen LogP contribution in [0.5, 0.6) is 0 Å². The Morgan fingerprint density at radius 1 is 1.32 bits per heavy atom. The molecule has 1 aliphatic rings. The van der Waals surface area contributed by atoms with E-state index in [2.05, 4.69) is 30.9 Å². The van der Waals surface area contributed by atoms with Crippen LogP contribution in [0.2, 0.25) is 0 Å². The molecule has 1 aromatic rings. The van der Waals surface area contributed by atoms with Crippen molar-refractivity contribution in [2.45, 2.75) is 38.5 Å². The number of nitrogens with zero attached hydrogens (tertiary/aromatic N) is 1. The van der Waals surface area contributed by atoms with E-state index in [1.165, 1.54) is 19.3 Å². The van der Waals surface area contributed by atoms with Crippen molar-refractivity contribution in [3.05, 3.63) is 35.9 Å². The van der Waals surface area contributed by atoms with E-state index in [1.54, 1.807) is 0 Å². The summed E-state index contributed by atoms with van der Waals surface area (Å²) in [6.45, 7) is 7.24. The number of aldehydes is 1. The lowest BCUT2D eigenvalue weighted by Crippen LogP contribution is -2.43. The van der Waals surface area contributed by atoms with Gasteiger partial charge in [-0.05, 0) is 37.8 Å². The molecule has 1 saturated carbocycles. The van der Waals surface area contributed by atoms with Gasteiger partial charge in [-0.3, -0.25) is 0 Å². The lowest BCUT2D eigenvalue weighted by Gasteiger charge is -2.36. The first-order chi connectivity index (χ1) is 9.18. The predicted octanol–water partition coefficient (Wildman–Crippen LogP) is 3.27. The number of hydrogen-bond donors (Lipinski definition) is 0. The van der Waals surface area contributed by atoms with E-state index in [0.717, 1.165) is 37.4 Å². The van der Waals surface area contributed by atoms with Crippen molar-refractivity contribution < 1.29 is 4.79 Å². The molecule has 2 rings (SSSR count). The minimum Gasteiger partial charge on any atom is -0.302 e. The minimum atomic E-state index is -0.388. The van der Waals surface area contributed by atoms with Crippen LogP contribution in [0.3, 0.4) is 0 Å². The van der Waals surface area contributed by atoms with Crippen LogP contribution < -0.4 is 0 Å². The number of carbonyl (C=O) groups is 1. The number of hydrogen-bond acceptors (Lipinski definition) is 2. The van der Waals surface area contributed by atoms with Gasteiger partial charge in [-0.1, -0.05) is 43.7 Å².